The lowest BCUT2D eigenvalue weighted by Gasteiger charge is -2.09. The number of benzene rings is 1. The SMILES string of the molecule is C=CCNC(=O)Nc1ccc(NS(=O)(=O)c2ccc(C)s2)cc1. The first-order valence-corrected chi connectivity index (χ1v) is 9.06. The van der Waals surface area contributed by atoms with Gasteiger partial charge in [-0.1, -0.05) is 6.08 Å². The van der Waals surface area contributed by atoms with Crippen molar-refractivity contribution in [3.63, 3.8) is 0 Å². The van der Waals surface area contributed by atoms with Crippen molar-refractivity contribution >= 4 is 38.8 Å². The maximum Gasteiger partial charge on any atom is 0.319 e. The molecule has 6 nitrogen and oxygen atoms in total. The standard InChI is InChI=1S/C15H17N3O3S2/c1-3-10-16-15(19)17-12-5-7-13(8-6-12)18-23(20,21)14-9-4-11(2)22-14/h3-9,18H,1,10H2,2H3,(H2,16,17,19). The molecule has 2 rings (SSSR count). The summed E-state index contributed by atoms with van der Waals surface area (Å²) in [6.45, 7) is 5.72. The summed E-state index contributed by atoms with van der Waals surface area (Å²) < 4.78 is 27.2. The van der Waals surface area contributed by atoms with Gasteiger partial charge in [-0.2, -0.15) is 0 Å². The molecule has 0 saturated carbocycles. The Bertz CT molecular complexity index is 796. The molecular formula is C15H17N3O3S2. The van der Waals surface area contributed by atoms with Gasteiger partial charge >= 0.3 is 6.03 Å². The first-order valence-electron chi connectivity index (χ1n) is 6.76. The highest BCUT2D eigenvalue weighted by Crippen LogP contribution is 2.24. The molecule has 23 heavy (non-hydrogen) atoms. The van der Waals surface area contributed by atoms with Crippen LogP contribution in [-0.2, 0) is 10.0 Å². The van der Waals surface area contributed by atoms with Gasteiger partial charge in [0.1, 0.15) is 4.21 Å². The molecule has 0 bridgehead atoms. The second kappa shape index (κ2) is 7.30. The summed E-state index contributed by atoms with van der Waals surface area (Å²) in [5.41, 5.74) is 0.981. The van der Waals surface area contributed by atoms with Crippen LogP contribution in [0.15, 0.2) is 53.3 Å². The molecule has 1 aromatic heterocycles. The topological polar surface area (TPSA) is 87.3 Å². The van der Waals surface area contributed by atoms with Gasteiger partial charge in [0.15, 0.2) is 0 Å². The summed E-state index contributed by atoms with van der Waals surface area (Å²) in [5.74, 6) is 0. The Kier molecular flexibility index (Phi) is 5.41. The van der Waals surface area contributed by atoms with Crippen LogP contribution in [0.3, 0.4) is 0 Å². The van der Waals surface area contributed by atoms with Crippen LogP contribution in [0.4, 0.5) is 16.2 Å². The summed E-state index contributed by atoms with van der Waals surface area (Å²) in [4.78, 5) is 12.4. The highest BCUT2D eigenvalue weighted by Gasteiger charge is 2.16. The van der Waals surface area contributed by atoms with Crippen LogP contribution in [0.1, 0.15) is 4.88 Å². The molecule has 0 fully saturated rings. The van der Waals surface area contributed by atoms with Crippen LogP contribution < -0.4 is 15.4 Å². The van der Waals surface area contributed by atoms with E-state index in [0.29, 0.717) is 17.9 Å². The number of carbonyl (C=O) groups is 1. The number of rotatable bonds is 6. The highest BCUT2D eigenvalue weighted by atomic mass is 32.2. The van der Waals surface area contributed by atoms with Crippen molar-refractivity contribution in [2.75, 3.05) is 16.6 Å². The van der Waals surface area contributed by atoms with Gasteiger partial charge in [-0.25, -0.2) is 13.2 Å². The molecule has 122 valence electrons. The Morgan fingerprint density at radius 3 is 2.39 bits per heavy atom. The number of nitrogens with one attached hydrogen (secondary N) is 3. The zero-order valence-electron chi connectivity index (χ0n) is 12.5. The van der Waals surface area contributed by atoms with E-state index in [2.05, 4.69) is 21.9 Å². The average Bonchev–Trinajstić information content (AvgIpc) is 2.94. The van der Waals surface area contributed by atoms with E-state index in [9.17, 15) is 13.2 Å². The van der Waals surface area contributed by atoms with E-state index in [1.54, 1.807) is 42.5 Å². The Morgan fingerprint density at radius 2 is 1.83 bits per heavy atom. The lowest BCUT2D eigenvalue weighted by atomic mass is 10.3. The summed E-state index contributed by atoms with van der Waals surface area (Å²) >= 11 is 1.21. The summed E-state index contributed by atoms with van der Waals surface area (Å²) in [5, 5.41) is 5.21. The van der Waals surface area contributed by atoms with E-state index >= 15 is 0 Å². The predicted molar refractivity (Wildman–Crippen MR) is 93.5 cm³/mol. The molecule has 0 aliphatic rings. The molecule has 0 atom stereocenters. The number of thiophene rings is 1. The number of amides is 2. The van der Waals surface area contributed by atoms with Crippen molar-refractivity contribution in [3.05, 3.63) is 53.9 Å². The normalized spacial score (nSPS) is 10.8. The minimum absolute atomic E-state index is 0.265. The zero-order chi connectivity index (χ0) is 16.9. The number of hydrogen-bond donors (Lipinski definition) is 3. The number of hydrogen-bond acceptors (Lipinski definition) is 4. The third-order valence-corrected chi connectivity index (χ3v) is 5.66. The van der Waals surface area contributed by atoms with Crippen LogP contribution in [0.25, 0.3) is 0 Å². The minimum Gasteiger partial charge on any atom is -0.334 e. The Morgan fingerprint density at radius 1 is 1.17 bits per heavy atom. The lowest BCUT2D eigenvalue weighted by molar-refractivity contribution is 0.253. The molecule has 3 N–H and O–H groups in total. The van der Waals surface area contributed by atoms with Gasteiger partial charge in [0.25, 0.3) is 10.0 Å². The molecule has 1 aromatic carbocycles. The molecule has 0 saturated heterocycles. The average molecular weight is 351 g/mol. The van der Waals surface area contributed by atoms with Crippen molar-refractivity contribution in [1.29, 1.82) is 0 Å². The van der Waals surface area contributed by atoms with Crippen LogP contribution in [0.5, 0.6) is 0 Å². The molecule has 0 aliphatic heterocycles. The lowest BCUT2D eigenvalue weighted by Crippen LogP contribution is -2.28. The van der Waals surface area contributed by atoms with E-state index in [-0.39, 0.29) is 10.2 Å². The number of urea groups is 1. The zero-order valence-corrected chi connectivity index (χ0v) is 14.1. The quantitative estimate of drug-likeness (QED) is 0.699. The van der Waals surface area contributed by atoms with Crippen molar-refractivity contribution < 1.29 is 13.2 Å². The molecule has 2 amide bonds. The monoisotopic (exact) mass is 351 g/mol. The van der Waals surface area contributed by atoms with Gasteiger partial charge in [-0.3, -0.25) is 4.72 Å². The Labute approximate surface area is 139 Å². The van der Waals surface area contributed by atoms with E-state index in [4.69, 9.17) is 0 Å². The molecule has 2 aromatic rings. The third-order valence-electron chi connectivity index (χ3n) is 2.78. The summed E-state index contributed by atoms with van der Waals surface area (Å²) in [6.07, 6.45) is 1.57. The Hall–Kier alpha value is -2.32. The molecule has 0 unspecified atom stereocenters. The first kappa shape index (κ1) is 17.0. The van der Waals surface area contributed by atoms with Gasteiger partial charge in [0.05, 0.1) is 0 Å². The highest BCUT2D eigenvalue weighted by molar-refractivity contribution is 7.94. The molecule has 0 radical (unpaired) electrons. The fraction of sp³-hybridized carbons (Fsp3) is 0.133. The second-order valence-corrected chi connectivity index (χ2v) is 7.87. The predicted octanol–water partition coefficient (Wildman–Crippen LogP) is 3.16. The molecule has 0 spiro atoms. The maximum absolute atomic E-state index is 12.2. The van der Waals surface area contributed by atoms with E-state index in [1.165, 1.54) is 11.3 Å². The van der Waals surface area contributed by atoms with Crippen molar-refractivity contribution in [2.45, 2.75) is 11.1 Å². The fourth-order valence-electron chi connectivity index (χ4n) is 1.72. The van der Waals surface area contributed by atoms with Crippen molar-refractivity contribution in [1.82, 2.24) is 5.32 Å². The number of aryl methyl sites for hydroxylation is 1. The van der Waals surface area contributed by atoms with E-state index in [0.717, 1.165) is 4.88 Å². The third kappa shape index (κ3) is 4.83. The first-order chi connectivity index (χ1) is 10.9. The summed E-state index contributed by atoms with van der Waals surface area (Å²) in [7, 11) is -3.58. The van der Waals surface area contributed by atoms with Gasteiger partial charge in [-0.05, 0) is 43.3 Å². The number of carbonyl (C=O) groups excluding carboxylic acids is 1. The van der Waals surface area contributed by atoms with Crippen LogP contribution in [-0.4, -0.2) is 21.0 Å². The second-order valence-electron chi connectivity index (χ2n) is 4.67. The van der Waals surface area contributed by atoms with Crippen molar-refractivity contribution in [3.8, 4) is 0 Å². The molecular weight excluding hydrogens is 334 g/mol. The number of sulfonamides is 1. The molecule has 8 heteroatoms. The van der Waals surface area contributed by atoms with Gasteiger partial charge in [0.2, 0.25) is 0 Å². The van der Waals surface area contributed by atoms with Gasteiger partial charge < -0.3 is 10.6 Å². The van der Waals surface area contributed by atoms with E-state index in [1.807, 2.05) is 6.92 Å². The van der Waals surface area contributed by atoms with Crippen LogP contribution >= 0.6 is 11.3 Å². The van der Waals surface area contributed by atoms with Crippen LogP contribution in [0, 0.1) is 6.92 Å². The van der Waals surface area contributed by atoms with Crippen molar-refractivity contribution in [2.24, 2.45) is 0 Å². The van der Waals surface area contributed by atoms with Crippen LogP contribution in [0.2, 0.25) is 0 Å². The maximum atomic E-state index is 12.2. The van der Waals surface area contributed by atoms with E-state index < -0.39 is 10.0 Å². The number of anilines is 2. The smallest absolute Gasteiger partial charge is 0.319 e. The molecule has 0 aliphatic carbocycles. The Balaban J connectivity index is 2.02. The fourth-order valence-corrected chi connectivity index (χ4v) is 4.07. The van der Waals surface area contributed by atoms with Gasteiger partial charge in [-0.15, -0.1) is 17.9 Å². The largest absolute Gasteiger partial charge is 0.334 e. The minimum atomic E-state index is -3.58. The molecule has 1 heterocycles. The summed E-state index contributed by atoms with van der Waals surface area (Å²) in [6, 6.07) is 9.38. The van der Waals surface area contributed by atoms with Gasteiger partial charge in [0, 0.05) is 22.8 Å².